The van der Waals surface area contributed by atoms with Crippen LogP contribution in [0.15, 0.2) is 42.5 Å². The Morgan fingerprint density at radius 1 is 1.18 bits per heavy atom. The van der Waals surface area contributed by atoms with Crippen LogP contribution in [0, 0.1) is 18.6 Å². The molecule has 1 fully saturated rings. The number of aliphatic hydroxyl groups is 1. The van der Waals surface area contributed by atoms with Gasteiger partial charge in [-0.25, -0.2) is 13.8 Å². The van der Waals surface area contributed by atoms with Crippen LogP contribution in [-0.2, 0) is 22.4 Å². The van der Waals surface area contributed by atoms with Gasteiger partial charge >= 0.3 is 0 Å². The van der Waals surface area contributed by atoms with Gasteiger partial charge in [-0.15, -0.1) is 5.10 Å². The zero-order valence-electron chi connectivity index (χ0n) is 22.7. The van der Waals surface area contributed by atoms with Crippen LogP contribution in [0.4, 0.5) is 8.78 Å². The maximum Gasteiger partial charge on any atom is 0.248 e. The molecule has 3 N–H and O–H groups in total. The average Bonchev–Trinajstić information content (AvgIpc) is 3.39. The number of fused-ring (bicyclic) bond motifs is 1. The van der Waals surface area contributed by atoms with Gasteiger partial charge in [-0.2, -0.15) is 5.10 Å². The number of hydrogen-bond acceptors (Lipinski definition) is 7. The molecular weight excluding hydrogens is 518 g/mol. The second-order valence-corrected chi connectivity index (χ2v) is 10.6. The number of nitrogens with two attached hydrogens (primary N) is 1. The summed E-state index contributed by atoms with van der Waals surface area (Å²) in [6, 6.07) is 10.1. The molecule has 4 aromatic rings. The number of carbonyl (C=O) groups excluding carboxylic acids is 1. The summed E-state index contributed by atoms with van der Waals surface area (Å²) in [6.07, 6.45) is 1.53. The minimum absolute atomic E-state index is 0.0170. The number of pyridine rings is 1. The summed E-state index contributed by atoms with van der Waals surface area (Å²) in [5.74, 6) is -1.42. The Balaban J connectivity index is 1.74. The Hall–Kier alpha value is -4.02. The molecule has 1 saturated heterocycles. The Labute approximate surface area is 230 Å². The number of aryl methyl sites for hydroxylation is 1. The van der Waals surface area contributed by atoms with Gasteiger partial charge < -0.3 is 20.3 Å². The van der Waals surface area contributed by atoms with E-state index in [0.29, 0.717) is 53.1 Å². The third kappa shape index (κ3) is 4.89. The molecule has 10 heteroatoms. The molecule has 1 atom stereocenters. The second-order valence-electron chi connectivity index (χ2n) is 10.6. The molecule has 8 nitrogen and oxygen atoms in total. The van der Waals surface area contributed by atoms with Crippen LogP contribution < -0.4 is 10.5 Å². The smallest absolute Gasteiger partial charge is 0.248 e. The highest BCUT2D eigenvalue weighted by atomic mass is 19.1. The van der Waals surface area contributed by atoms with Crippen LogP contribution in [0.3, 0.4) is 0 Å². The summed E-state index contributed by atoms with van der Waals surface area (Å²) in [5.41, 5.74) is 5.91. The first-order valence-electron chi connectivity index (χ1n) is 12.9. The number of nitrogens with zero attached hydrogens (tertiary/aromatic N) is 3. The van der Waals surface area contributed by atoms with Crippen molar-refractivity contribution in [3.8, 4) is 17.0 Å². The molecule has 0 aliphatic carbocycles. The molecular formula is C30H30F2N4O4. The zero-order chi connectivity index (χ0) is 28.8. The number of primary amides is 1. The first-order chi connectivity index (χ1) is 18.9. The van der Waals surface area contributed by atoms with Gasteiger partial charge in [0.25, 0.3) is 0 Å². The maximum absolute atomic E-state index is 15.8. The van der Waals surface area contributed by atoms with Crippen molar-refractivity contribution in [2.45, 2.75) is 51.2 Å². The number of halogens is 2. The molecule has 0 radical (unpaired) electrons. The highest BCUT2D eigenvalue weighted by molar-refractivity contribution is 6.00. The minimum atomic E-state index is -1.54. The van der Waals surface area contributed by atoms with E-state index in [-0.39, 0.29) is 23.2 Å². The molecule has 3 heterocycles. The van der Waals surface area contributed by atoms with Gasteiger partial charge in [-0.1, -0.05) is 0 Å². The van der Waals surface area contributed by atoms with E-state index in [0.717, 1.165) is 5.56 Å². The van der Waals surface area contributed by atoms with E-state index in [1.165, 1.54) is 57.4 Å². The lowest BCUT2D eigenvalue weighted by Gasteiger charge is -2.31. The van der Waals surface area contributed by atoms with Gasteiger partial charge in [0.2, 0.25) is 5.91 Å². The van der Waals surface area contributed by atoms with Gasteiger partial charge in [0.15, 0.2) is 5.82 Å². The largest absolute Gasteiger partial charge is 0.494 e. The molecule has 2 aromatic heterocycles. The van der Waals surface area contributed by atoms with Crippen molar-refractivity contribution in [2.24, 2.45) is 5.73 Å². The van der Waals surface area contributed by atoms with Crippen LogP contribution in [0.2, 0.25) is 0 Å². The van der Waals surface area contributed by atoms with Crippen molar-refractivity contribution in [3.63, 3.8) is 0 Å². The van der Waals surface area contributed by atoms with Crippen LogP contribution in [0.1, 0.15) is 59.6 Å². The number of methoxy groups -OCH3 is 1. The topological polar surface area (TPSA) is 120 Å². The van der Waals surface area contributed by atoms with Gasteiger partial charge in [0.1, 0.15) is 28.4 Å². The van der Waals surface area contributed by atoms with E-state index < -0.39 is 28.7 Å². The van der Waals surface area contributed by atoms with Crippen LogP contribution in [-0.4, -0.2) is 39.9 Å². The molecule has 0 spiro atoms. The predicted octanol–water partition coefficient (Wildman–Crippen LogP) is 4.86. The van der Waals surface area contributed by atoms with Crippen LogP contribution in [0.25, 0.3) is 22.2 Å². The van der Waals surface area contributed by atoms with E-state index in [2.05, 4.69) is 10.2 Å². The number of benzene rings is 2. The fraction of sp³-hybridized carbons (Fsp3) is 0.333. The second kappa shape index (κ2) is 10.2. The van der Waals surface area contributed by atoms with Gasteiger partial charge in [-0.05, 0) is 81.6 Å². The van der Waals surface area contributed by atoms with Crippen molar-refractivity contribution in [3.05, 3.63) is 82.2 Å². The van der Waals surface area contributed by atoms with Gasteiger partial charge in [0.05, 0.1) is 24.1 Å². The highest BCUT2D eigenvalue weighted by Gasteiger charge is 2.42. The standard InChI is InChI=1S/C30H30F2N4O4/c1-16-21(20-12-18(28(33)37)13-23(39-4)27(20)36-35-16)15-30(10-5-11-40-30)24-14-22(29(2,3)38)25(32)26(34-24)17-6-8-19(31)9-7-17/h6-9,12-14,38H,5,10-11,15H2,1-4H3,(H2,33,37). The lowest BCUT2D eigenvalue weighted by Crippen LogP contribution is -2.31. The monoisotopic (exact) mass is 548 g/mol. The first-order valence-corrected chi connectivity index (χ1v) is 12.9. The zero-order valence-corrected chi connectivity index (χ0v) is 22.7. The molecule has 5 rings (SSSR count). The SMILES string of the molecule is COc1cc(C(N)=O)cc2c(CC3(c4cc(C(C)(C)O)c(F)c(-c5ccc(F)cc5)n4)CCCO3)c(C)nnc12. The van der Waals surface area contributed by atoms with Crippen molar-refractivity contribution in [2.75, 3.05) is 13.7 Å². The Morgan fingerprint density at radius 3 is 2.50 bits per heavy atom. The molecule has 1 aliphatic heterocycles. The molecule has 208 valence electrons. The molecule has 0 saturated carbocycles. The Bertz CT molecular complexity index is 1610. The van der Waals surface area contributed by atoms with E-state index in [1.54, 1.807) is 13.0 Å². The molecule has 1 aliphatic rings. The third-order valence-electron chi connectivity index (χ3n) is 7.41. The minimum Gasteiger partial charge on any atom is -0.494 e. The summed E-state index contributed by atoms with van der Waals surface area (Å²) in [5, 5.41) is 20.2. The quantitative estimate of drug-likeness (QED) is 0.338. The summed E-state index contributed by atoms with van der Waals surface area (Å²) in [7, 11) is 1.47. The lowest BCUT2D eigenvalue weighted by atomic mass is 9.83. The lowest BCUT2D eigenvalue weighted by molar-refractivity contribution is -0.00374. The van der Waals surface area contributed by atoms with Crippen molar-refractivity contribution >= 4 is 16.8 Å². The van der Waals surface area contributed by atoms with Crippen LogP contribution in [0.5, 0.6) is 5.75 Å². The van der Waals surface area contributed by atoms with Crippen molar-refractivity contribution in [1.29, 1.82) is 0 Å². The fourth-order valence-electron chi connectivity index (χ4n) is 5.26. The Kier molecular flexibility index (Phi) is 7.01. The number of hydrogen-bond donors (Lipinski definition) is 2. The summed E-state index contributed by atoms with van der Waals surface area (Å²) in [6.45, 7) is 5.23. The molecule has 0 bridgehead atoms. The highest BCUT2D eigenvalue weighted by Crippen LogP contribution is 2.43. The number of rotatable bonds is 7. The Morgan fingerprint density at radius 2 is 1.90 bits per heavy atom. The molecule has 1 amide bonds. The third-order valence-corrected chi connectivity index (χ3v) is 7.41. The number of aromatic nitrogens is 3. The van der Waals surface area contributed by atoms with E-state index >= 15 is 4.39 Å². The normalized spacial score (nSPS) is 17.4. The van der Waals surface area contributed by atoms with E-state index in [4.69, 9.17) is 20.2 Å². The summed E-state index contributed by atoms with van der Waals surface area (Å²) >= 11 is 0. The first kappa shape index (κ1) is 27.5. The molecule has 2 aromatic carbocycles. The average molecular weight is 549 g/mol. The number of carbonyl (C=O) groups is 1. The maximum atomic E-state index is 15.8. The van der Waals surface area contributed by atoms with E-state index in [1.807, 2.05) is 0 Å². The van der Waals surface area contributed by atoms with E-state index in [9.17, 15) is 14.3 Å². The number of amides is 1. The molecule has 40 heavy (non-hydrogen) atoms. The summed E-state index contributed by atoms with van der Waals surface area (Å²) in [4.78, 5) is 16.8. The summed E-state index contributed by atoms with van der Waals surface area (Å²) < 4.78 is 41.4. The van der Waals surface area contributed by atoms with Crippen LogP contribution >= 0.6 is 0 Å². The van der Waals surface area contributed by atoms with Crippen molar-refractivity contribution < 1.29 is 28.2 Å². The van der Waals surface area contributed by atoms with Crippen molar-refractivity contribution in [1.82, 2.24) is 15.2 Å². The number of ether oxygens (including phenoxy) is 2. The predicted molar refractivity (Wildman–Crippen MR) is 145 cm³/mol. The van der Waals surface area contributed by atoms with Gasteiger partial charge in [-0.3, -0.25) is 4.79 Å². The van der Waals surface area contributed by atoms with Gasteiger partial charge in [0, 0.05) is 35.1 Å². The fourth-order valence-corrected chi connectivity index (χ4v) is 5.26. The molecule has 1 unspecified atom stereocenters.